The van der Waals surface area contributed by atoms with Crippen LogP contribution in [0.4, 0.5) is 5.82 Å². The van der Waals surface area contributed by atoms with Crippen LogP contribution in [0, 0.1) is 0 Å². The summed E-state index contributed by atoms with van der Waals surface area (Å²) in [5, 5.41) is 0. The molecule has 8 nitrogen and oxygen atoms in total. The lowest BCUT2D eigenvalue weighted by atomic mass is 10.0. The van der Waals surface area contributed by atoms with Crippen molar-refractivity contribution in [1.82, 2.24) is 19.4 Å². The molecule has 2 aromatic heterocycles. The fraction of sp³-hybridized carbons (Fsp3) is 0.500. The lowest BCUT2D eigenvalue weighted by Gasteiger charge is -2.39. The van der Waals surface area contributed by atoms with Crippen LogP contribution in [-0.2, 0) is 7.05 Å². The molecular formula is C20H25N5O3. The van der Waals surface area contributed by atoms with E-state index in [1.165, 1.54) is 10.9 Å². The van der Waals surface area contributed by atoms with E-state index >= 15 is 0 Å². The number of rotatable bonds is 5. The topological polar surface area (TPSA) is 80.6 Å². The van der Waals surface area contributed by atoms with Crippen LogP contribution < -0.4 is 15.2 Å². The summed E-state index contributed by atoms with van der Waals surface area (Å²) >= 11 is 0. The molecule has 2 aromatic rings. The van der Waals surface area contributed by atoms with Gasteiger partial charge in [-0.05, 0) is 37.8 Å². The second kappa shape index (κ2) is 7.61. The number of piperidine rings is 1. The monoisotopic (exact) mass is 383 g/mol. The molecule has 3 heterocycles. The van der Waals surface area contributed by atoms with Gasteiger partial charge in [-0.1, -0.05) is 0 Å². The summed E-state index contributed by atoms with van der Waals surface area (Å²) in [5.74, 6) is 1.26. The number of aryl methyl sites for hydroxylation is 1. The zero-order valence-electron chi connectivity index (χ0n) is 16.2. The van der Waals surface area contributed by atoms with Gasteiger partial charge in [0.1, 0.15) is 17.7 Å². The highest BCUT2D eigenvalue weighted by molar-refractivity contribution is 5.93. The molecule has 1 amide bonds. The van der Waals surface area contributed by atoms with Crippen molar-refractivity contribution in [2.24, 2.45) is 7.05 Å². The van der Waals surface area contributed by atoms with Crippen molar-refractivity contribution < 1.29 is 9.53 Å². The van der Waals surface area contributed by atoms with Crippen LogP contribution in [0.5, 0.6) is 5.88 Å². The minimum absolute atomic E-state index is 0.179. The Morgan fingerprint density at radius 2 is 1.89 bits per heavy atom. The number of methoxy groups -OCH3 is 1. The van der Waals surface area contributed by atoms with E-state index in [-0.39, 0.29) is 17.0 Å². The summed E-state index contributed by atoms with van der Waals surface area (Å²) in [6, 6.07) is 6.03. The molecule has 0 aromatic carbocycles. The Hall–Kier alpha value is -2.90. The molecule has 2 fully saturated rings. The van der Waals surface area contributed by atoms with E-state index in [1.54, 1.807) is 37.4 Å². The highest BCUT2D eigenvalue weighted by Gasteiger charge is 2.37. The van der Waals surface area contributed by atoms with E-state index in [9.17, 15) is 9.59 Å². The first-order valence-corrected chi connectivity index (χ1v) is 9.68. The summed E-state index contributed by atoms with van der Waals surface area (Å²) < 4.78 is 6.69. The van der Waals surface area contributed by atoms with Crippen LogP contribution in [0.1, 0.15) is 36.0 Å². The zero-order chi connectivity index (χ0) is 19.7. The Bertz CT molecular complexity index is 916. The van der Waals surface area contributed by atoms with Gasteiger partial charge in [0.2, 0.25) is 5.88 Å². The van der Waals surface area contributed by atoms with Gasteiger partial charge in [0.25, 0.3) is 11.5 Å². The molecule has 1 aliphatic carbocycles. The minimum Gasteiger partial charge on any atom is -0.481 e. The third-order valence-electron chi connectivity index (χ3n) is 5.54. The molecule has 0 N–H and O–H groups in total. The maximum absolute atomic E-state index is 12.8. The highest BCUT2D eigenvalue weighted by Crippen LogP contribution is 2.36. The van der Waals surface area contributed by atoms with Crippen LogP contribution in [-0.4, -0.2) is 57.6 Å². The van der Waals surface area contributed by atoms with Gasteiger partial charge in [-0.2, -0.15) is 0 Å². The smallest absolute Gasteiger partial charge is 0.263 e. The number of aromatic nitrogens is 3. The molecule has 0 spiro atoms. The third-order valence-corrected chi connectivity index (χ3v) is 5.54. The zero-order valence-corrected chi connectivity index (χ0v) is 16.2. The Balaban J connectivity index is 1.47. The molecule has 0 bridgehead atoms. The van der Waals surface area contributed by atoms with Crippen LogP contribution in [0.2, 0.25) is 0 Å². The van der Waals surface area contributed by atoms with E-state index in [2.05, 4.69) is 14.9 Å². The van der Waals surface area contributed by atoms with Crippen LogP contribution in [0.3, 0.4) is 0 Å². The maximum atomic E-state index is 12.8. The van der Waals surface area contributed by atoms with Crippen LogP contribution in [0.25, 0.3) is 0 Å². The highest BCUT2D eigenvalue weighted by atomic mass is 16.5. The second-order valence-corrected chi connectivity index (χ2v) is 7.42. The van der Waals surface area contributed by atoms with E-state index in [1.807, 2.05) is 6.07 Å². The van der Waals surface area contributed by atoms with Crippen molar-refractivity contribution in [3.63, 3.8) is 0 Å². The fourth-order valence-corrected chi connectivity index (χ4v) is 3.89. The largest absolute Gasteiger partial charge is 0.481 e. The van der Waals surface area contributed by atoms with Crippen molar-refractivity contribution in [3.05, 3.63) is 46.6 Å². The number of amides is 1. The van der Waals surface area contributed by atoms with E-state index in [4.69, 9.17) is 4.74 Å². The van der Waals surface area contributed by atoms with Gasteiger partial charge in [0.15, 0.2) is 0 Å². The SMILES string of the molecule is COc1cc(N(C2CC2)C2CCN(C(=O)c3cccn(C)c3=O)CC2)ncn1. The number of anilines is 1. The summed E-state index contributed by atoms with van der Waals surface area (Å²) in [5.41, 5.74) is -0.00894. The third kappa shape index (κ3) is 3.58. The minimum atomic E-state index is -0.248. The number of hydrogen-bond acceptors (Lipinski definition) is 6. The maximum Gasteiger partial charge on any atom is 0.263 e. The van der Waals surface area contributed by atoms with Crippen LogP contribution >= 0.6 is 0 Å². The Morgan fingerprint density at radius 1 is 1.18 bits per heavy atom. The van der Waals surface area contributed by atoms with Crippen LogP contribution in [0.15, 0.2) is 35.5 Å². The number of likely N-dealkylation sites (tertiary alicyclic amines) is 1. The molecule has 1 saturated carbocycles. The standard InChI is InChI=1S/C20H25N5O3/c1-23-9-3-4-16(19(23)26)20(27)24-10-7-15(8-11-24)25(14-5-6-14)17-12-18(28-2)22-13-21-17/h3-4,9,12-15H,5-8,10-11H2,1-2H3. The molecular weight excluding hydrogens is 358 g/mol. The fourth-order valence-electron chi connectivity index (χ4n) is 3.89. The molecule has 1 saturated heterocycles. The van der Waals surface area contributed by atoms with Crippen molar-refractivity contribution in [3.8, 4) is 5.88 Å². The molecule has 0 atom stereocenters. The molecule has 0 unspecified atom stereocenters. The quantitative estimate of drug-likeness (QED) is 0.778. The first-order chi connectivity index (χ1) is 13.6. The molecule has 2 aliphatic rings. The average molecular weight is 383 g/mol. The van der Waals surface area contributed by atoms with Gasteiger partial charge >= 0.3 is 0 Å². The molecule has 1 aliphatic heterocycles. The van der Waals surface area contributed by atoms with Crippen molar-refractivity contribution >= 4 is 11.7 Å². The van der Waals surface area contributed by atoms with E-state index in [0.717, 1.165) is 31.5 Å². The molecule has 0 radical (unpaired) electrons. The predicted molar refractivity (Wildman–Crippen MR) is 105 cm³/mol. The Kier molecular flexibility index (Phi) is 5.02. The number of carbonyl (C=O) groups excluding carboxylic acids is 1. The normalized spacial score (nSPS) is 17.4. The second-order valence-electron chi connectivity index (χ2n) is 7.42. The van der Waals surface area contributed by atoms with E-state index in [0.29, 0.717) is 31.1 Å². The lowest BCUT2D eigenvalue weighted by molar-refractivity contribution is 0.0709. The number of ether oxygens (including phenoxy) is 1. The summed E-state index contributed by atoms with van der Waals surface area (Å²) in [4.78, 5) is 37.8. The van der Waals surface area contributed by atoms with Gasteiger partial charge in [-0.25, -0.2) is 9.97 Å². The Morgan fingerprint density at radius 3 is 2.57 bits per heavy atom. The van der Waals surface area contributed by atoms with Gasteiger partial charge < -0.3 is 19.1 Å². The first kappa shape index (κ1) is 18.5. The molecule has 28 heavy (non-hydrogen) atoms. The van der Waals surface area contributed by atoms with Gasteiger partial charge in [-0.3, -0.25) is 9.59 Å². The Labute approximate surface area is 163 Å². The molecule has 148 valence electrons. The van der Waals surface area contributed by atoms with Crippen molar-refractivity contribution in [1.29, 1.82) is 0 Å². The number of carbonyl (C=O) groups is 1. The van der Waals surface area contributed by atoms with Crippen molar-refractivity contribution in [2.75, 3.05) is 25.1 Å². The predicted octanol–water partition coefficient (Wildman–Crippen LogP) is 1.46. The molecule has 8 heteroatoms. The first-order valence-electron chi connectivity index (χ1n) is 9.68. The number of nitrogens with zero attached hydrogens (tertiary/aromatic N) is 5. The summed E-state index contributed by atoms with van der Waals surface area (Å²) in [7, 11) is 3.26. The number of pyridine rings is 1. The summed E-state index contributed by atoms with van der Waals surface area (Å²) in [6.07, 6.45) is 7.21. The van der Waals surface area contributed by atoms with E-state index < -0.39 is 0 Å². The van der Waals surface area contributed by atoms with Gasteiger partial charge in [0, 0.05) is 44.5 Å². The number of hydrogen-bond donors (Lipinski definition) is 0. The van der Waals surface area contributed by atoms with Crippen molar-refractivity contribution in [2.45, 2.75) is 37.8 Å². The van der Waals surface area contributed by atoms with Gasteiger partial charge in [0.05, 0.1) is 7.11 Å². The summed E-state index contributed by atoms with van der Waals surface area (Å²) in [6.45, 7) is 1.26. The molecule has 4 rings (SSSR count). The van der Waals surface area contributed by atoms with Gasteiger partial charge in [-0.15, -0.1) is 0 Å². The lowest BCUT2D eigenvalue weighted by Crippen LogP contribution is -2.48. The average Bonchev–Trinajstić information content (AvgIpc) is 3.55.